The van der Waals surface area contributed by atoms with E-state index in [-0.39, 0.29) is 11.9 Å². The van der Waals surface area contributed by atoms with E-state index in [0.717, 1.165) is 22.5 Å². The molecule has 0 bridgehead atoms. The number of aromatic nitrogens is 2. The smallest absolute Gasteiger partial charge is 0.139 e. The lowest BCUT2D eigenvalue weighted by Crippen LogP contribution is -2.08. The van der Waals surface area contributed by atoms with Crippen LogP contribution in [-0.4, -0.2) is 9.78 Å². The third kappa shape index (κ3) is 2.97. The van der Waals surface area contributed by atoms with E-state index in [0.29, 0.717) is 4.47 Å². The van der Waals surface area contributed by atoms with Gasteiger partial charge in [-0.15, -0.1) is 0 Å². The van der Waals surface area contributed by atoms with Crippen LogP contribution >= 0.6 is 15.9 Å². The number of anilines is 1. The fourth-order valence-electron chi connectivity index (χ4n) is 2.16. The van der Waals surface area contributed by atoms with Crippen LogP contribution in [-0.2, 0) is 7.05 Å². The molecule has 5 heteroatoms. The van der Waals surface area contributed by atoms with Gasteiger partial charge in [-0.05, 0) is 54.4 Å². The van der Waals surface area contributed by atoms with Gasteiger partial charge in [-0.1, -0.05) is 0 Å². The maximum atomic E-state index is 13.6. The van der Waals surface area contributed by atoms with E-state index in [1.54, 1.807) is 10.7 Å². The van der Waals surface area contributed by atoms with E-state index in [9.17, 15) is 4.39 Å². The molecular weight excluding hydrogens is 309 g/mol. The zero-order valence-corrected chi connectivity index (χ0v) is 13.0. The van der Waals surface area contributed by atoms with E-state index < -0.39 is 0 Å². The number of hydrogen-bond acceptors (Lipinski definition) is 2. The average Bonchev–Trinajstić information content (AvgIpc) is 2.65. The molecule has 1 aromatic carbocycles. The molecule has 102 valence electrons. The Hall–Kier alpha value is -1.36. The molecule has 2 rings (SSSR count). The average molecular weight is 326 g/mol. The van der Waals surface area contributed by atoms with Crippen LogP contribution < -0.4 is 5.32 Å². The van der Waals surface area contributed by atoms with Gasteiger partial charge in [0.15, 0.2) is 0 Å². The minimum absolute atomic E-state index is 0.0768. The molecule has 0 spiro atoms. The maximum Gasteiger partial charge on any atom is 0.139 e. The first-order chi connectivity index (χ1) is 8.88. The number of halogens is 2. The van der Waals surface area contributed by atoms with Crippen molar-refractivity contribution in [3.63, 3.8) is 0 Å². The highest BCUT2D eigenvalue weighted by molar-refractivity contribution is 9.10. The molecule has 3 nitrogen and oxygen atoms in total. The molecule has 0 saturated heterocycles. The third-order valence-electron chi connectivity index (χ3n) is 3.16. The van der Waals surface area contributed by atoms with Crippen molar-refractivity contribution in [1.29, 1.82) is 0 Å². The summed E-state index contributed by atoms with van der Waals surface area (Å²) in [6.07, 6.45) is 1.98. The maximum absolute atomic E-state index is 13.6. The van der Waals surface area contributed by atoms with E-state index >= 15 is 0 Å². The summed E-state index contributed by atoms with van der Waals surface area (Å²) in [4.78, 5) is 0. The molecular formula is C14H17BrFN3. The molecule has 2 aromatic rings. The fraction of sp³-hybridized carbons (Fsp3) is 0.357. The number of rotatable bonds is 3. The first-order valence-corrected chi connectivity index (χ1v) is 6.90. The lowest BCUT2D eigenvalue weighted by Gasteiger charge is -2.17. The van der Waals surface area contributed by atoms with Crippen molar-refractivity contribution in [1.82, 2.24) is 9.78 Å². The predicted octanol–water partition coefficient (Wildman–Crippen LogP) is 4.11. The van der Waals surface area contributed by atoms with Crippen LogP contribution in [0.2, 0.25) is 0 Å². The summed E-state index contributed by atoms with van der Waals surface area (Å²) in [6.45, 7) is 5.97. The van der Waals surface area contributed by atoms with Gasteiger partial charge in [0.05, 0.1) is 16.2 Å². The summed E-state index contributed by atoms with van der Waals surface area (Å²) in [6, 6.07) is 3.37. The van der Waals surface area contributed by atoms with Gasteiger partial charge in [-0.25, -0.2) is 4.39 Å². The molecule has 0 fully saturated rings. The molecule has 19 heavy (non-hydrogen) atoms. The molecule has 1 unspecified atom stereocenters. The Morgan fingerprint density at radius 3 is 2.63 bits per heavy atom. The van der Waals surface area contributed by atoms with Gasteiger partial charge in [0.2, 0.25) is 0 Å². The largest absolute Gasteiger partial charge is 0.378 e. The van der Waals surface area contributed by atoms with E-state index in [1.807, 2.05) is 34.0 Å². The number of aryl methyl sites for hydroxylation is 3. The van der Waals surface area contributed by atoms with Gasteiger partial charge in [0.1, 0.15) is 5.82 Å². The second kappa shape index (κ2) is 5.33. The zero-order chi connectivity index (χ0) is 14.2. The van der Waals surface area contributed by atoms with Crippen LogP contribution in [0.4, 0.5) is 10.1 Å². The molecule has 0 amide bonds. The SMILES string of the molecule is Cc1cc(Br)c(F)cc1NC(C)c1cn(C)nc1C. The predicted molar refractivity (Wildman–Crippen MR) is 78.8 cm³/mol. The van der Waals surface area contributed by atoms with Gasteiger partial charge in [-0.3, -0.25) is 4.68 Å². The molecule has 0 aliphatic carbocycles. The molecule has 1 atom stereocenters. The number of nitrogens with zero attached hydrogens (tertiary/aromatic N) is 2. The third-order valence-corrected chi connectivity index (χ3v) is 3.76. The highest BCUT2D eigenvalue weighted by Crippen LogP contribution is 2.27. The van der Waals surface area contributed by atoms with Crippen molar-refractivity contribution >= 4 is 21.6 Å². The van der Waals surface area contributed by atoms with Gasteiger partial charge in [0, 0.05) is 24.5 Å². The van der Waals surface area contributed by atoms with E-state index in [2.05, 4.69) is 26.3 Å². The quantitative estimate of drug-likeness (QED) is 0.920. The highest BCUT2D eigenvalue weighted by Gasteiger charge is 2.13. The van der Waals surface area contributed by atoms with Crippen molar-refractivity contribution < 1.29 is 4.39 Å². The molecule has 1 heterocycles. The summed E-state index contributed by atoms with van der Waals surface area (Å²) < 4.78 is 15.9. The Morgan fingerprint density at radius 2 is 2.05 bits per heavy atom. The van der Waals surface area contributed by atoms with Crippen LogP contribution in [0, 0.1) is 19.7 Å². The topological polar surface area (TPSA) is 29.9 Å². The molecule has 0 aliphatic rings. The fourth-order valence-corrected chi connectivity index (χ4v) is 2.61. The Kier molecular flexibility index (Phi) is 3.94. The first-order valence-electron chi connectivity index (χ1n) is 6.11. The molecule has 0 aliphatic heterocycles. The van der Waals surface area contributed by atoms with Crippen molar-refractivity contribution in [3.05, 3.63) is 45.4 Å². The van der Waals surface area contributed by atoms with Gasteiger partial charge >= 0.3 is 0 Å². The van der Waals surface area contributed by atoms with Gasteiger partial charge < -0.3 is 5.32 Å². The molecule has 1 N–H and O–H groups in total. The lowest BCUT2D eigenvalue weighted by molar-refractivity contribution is 0.620. The van der Waals surface area contributed by atoms with Gasteiger partial charge in [0.25, 0.3) is 0 Å². The van der Waals surface area contributed by atoms with Crippen LogP contribution in [0.25, 0.3) is 0 Å². The van der Waals surface area contributed by atoms with Gasteiger partial charge in [-0.2, -0.15) is 5.10 Å². The van der Waals surface area contributed by atoms with E-state index in [1.165, 1.54) is 6.07 Å². The van der Waals surface area contributed by atoms with Crippen molar-refractivity contribution in [2.45, 2.75) is 26.8 Å². The lowest BCUT2D eigenvalue weighted by atomic mass is 10.1. The van der Waals surface area contributed by atoms with Crippen molar-refractivity contribution in [2.75, 3.05) is 5.32 Å². The minimum atomic E-state index is -0.261. The van der Waals surface area contributed by atoms with Crippen LogP contribution in [0.5, 0.6) is 0 Å². The second-order valence-electron chi connectivity index (χ2n) is 4.79. The van der Waals surface area contributed by atoms with Crippen LogP contribution in [0.15, 0.2) is 22.8 Å². The number of benzene rings is 1. The van der Waals surface area contributed by atoms with Crippen molar-refractivity contribution in [2.24, 2.45) is 7.05 Å². The van der Waals surface area contributed by atoms with Crippen LogP contribution in [0.3, 0.4) is 0 Å². The summed E-state index contributed by atoms with van der Waals surface area (Å²) >= 11 is 3.19. The number of nitrogens with one attached hydrogen (secondary N) is 1. The molecule has 0 radical (unpaired) electrons. The van der Waals surface area contributed by atoms with Crippen LogP contribution in [0.1, 0.15) is 29.8 Å². The zero-order valence-electron chi connectivity index (χ0n) is 11.5. The first kappa shape index (κ1) is 14.1. The van der Waals surface area contributed by atoms with E-state index in [4.69, 9.17) is 0 Å². The Labute approximate surface area is 121 Å². The van der Waals surface area contributed by atoms with Crippen molar-refractivity contribution in [3.8, 4) is 0 Å². The summed E-state index contributed by atoms with van der Waals surface area (Å²) in [5.41, 5.74) is 3.90. The standard InChI is InChI=1S/C14H17BrFN3/c1-8-5-12(15)13(16)6-14(8)17-9(2)11-7-19(4)18-10(11)3/h5-7,9,17H,1-4H3. The normalized spacial score (nSPS) is 12.5. The monoisotopic (exact) mass is 325 g/mol. The molecule has 0 saturated carbocycles. The summed E-state index contributed by atoms with van der Waals surface area (Å²) in [5, 5.41) is 7.66. The summed E-state index contributed by atoms with van der Waals surface area (Å²) in [7, 11) is 1.90. The Balaban J connectivity index is 2.26. The summed E-state index contributed by atoms with van der Waals surface area (Å²) in [5.74, 6) is -0.261. The minimum Gasteiger partial charge on any atom is -0.378 e. The second-order valence-corrected chi connectivity index (χ2v) is 5.65. The molecule has 1 aromatic heterocycles. The Morgan fingerprint density at radius 1 is 1.37 bits per heavy atom. The Bertz CT molecular complexity index is 607. The number of hydrogen-bond donors (Lipinski definition) is 1. The highest BCUT2D eigenvalue weighted by atomic mass is 79.9.